The summed E-state index contributed by atoms with van der Waals surface area (Å²) in [5.74, 6) is -0.164. The number of amides is 1. The van der Waals surface area contributed by atoms with Gasteiger partial charge in [-0.3, -0.25) is 9.59 Å². The molecule has 2 N–H and O–H groups in total. The maximum Gasteiger partial charge on any atom is 0.255 e. The van der Waals surface area contributed by atoms with Crippen LogP contribution >= 0.6 is 0 Å². The van der Waals surface area contributed by atoms with Crippen molar-refractivity contribution in [2.75, 3.05) is 19.3 Å². The molecule has 0 saturated carbocycles. The highest BCUT2D eigenvalue weighted by atomic mass is 32.2. The molecule has 1 aromatic carbocycles. The third-order valence-electron chi connectivity index (χ3n) is 5.03. The highest BCUT2D eigenvalue weighted by Crippen LogP contribution is 2.29. The third kappa shape index (κ3) is 5.13. The maximum atomic E-state index is 13.2. The van der Waals surface area contributed by atoms with Gasteiger partial charge in [-0.25, -0.2) is 13.1 Å². The zero-order chi connectivity index (χ0) is 21.4. The van der Waals surface area contributed by atoms with Gasteiger partial charge < -0.3 is 9.88 Å². The predicted molar refractivity (Wildman–Crippen MR) is 113 cm³/mol. The summed E-state index contributed by atoms with van der Waals surface area (Å²) in [6.45, 7) is 6.96. The van der Waals surface area contributed by atoms with E-state index in [1.165, 1.54) is 0 Å². The molecule has 3 rings (SSSR count). The molecule has 1 saturated heterocycles. The molecule has 1 unspecified atom stereocenters. The molecule has 1 fully saturated rings. The first-order valence-corrected chi connectivity index (χ1v) is 11.4. The van der Waals surface area contributed by atoms with Gasteiger partial charge in [0.05, 0.1) is 6.26 Å². The molecule has 29 heavy (non-hydrogen) atoms. The van der Waals surface area contributed by atoms with E-state index in [2.05, 4.69) is 30.5 Å². The average molecular weight is 418 g/mol. The lowest BCUT2D eigenvalue weighted by atomic mass is 9.84. The quantitative estimate of drug-likeness (QED) is 0.796. The van der Waals surface area contributed by atoms with Crippen molar-refractivity contribution in [2.45, 2.75) is 38.6 Å². The number of carbonyl (C=O) groups is 1. The molecule has 0 spiro atoms. The first-order valence-electron chi connectivity index (χ1n) is 9.54. The Bertz CT molecular complexity index is 1080. The number of rotatable bonds is 4. The Kier molecular flexibility index (Phi) is 5.69. The first-order chi connectivity index (χ1) is 13.4. The summed E-state index contributed by atoms with van der Waals surface area (Å²) in [4.78, 5) is 29.8. The van der Waals surface area contributed by atoms with Crippen LogP contribution < -0.4 is 10.3 Å². The molecule has 0 radical (unpaired) electrons. The van der Waals surface area contributed by atoms with Gasteiger partial charge in [0.25, 0.3) is 11.5 Å². The van der Waals surface area contributed by atoms with E-state index in [1.807, 2.05) is 12.1 Å². The van der Waals surface area contributed by atoms with E-state index < -0.39 is 10.0 Å². The molecule has 2 heterocycles. The first kappa shape index (κ1) is 21.3. The van der Waals surface area contributed by atoms with Crippen molar-refractivity contribution in [3.05, 3.63) is 58.0 Å². The smallest absolute Gasteiger partial charge is 0.255 e. The van der Waals surface area contributed by atoms with Gasteiger partial charge in [0.15, 0.2) is 0 Å². The lowest BCUT2D eigenvalue weighted by Crippen LogP contribution is -2.38. The summed E-state index contributed by atoms with van der Waals surface area (Å²) in [7, 11) is -3.32. The van der Waals surface area contributed by atoms with E-state index in [0.717, 1.165) is 11.8 Å². The molecule has 1 atom stereocenters. The number of likely N-dealkylation sites (tertiary alicyclic amines) is 1. The van der Waals surface area contributed by atoms with Crippen molar-refractivity contribution in [1.29, 1.82) is 0 Å². The number of nitrogens with one attached hydrogen (secondary N) is 2. The molecule has 0 aliphatic carbocycles. The number of carbonyl (C=O) groups excluding carboxylic acids is 1. The molecule has 1 aromatic heterocycles. The van der Waals surface area contributed by atoms with Gasteiger partial charge in [0.2, 0.25) is 10.0 Å². The predicted octanol–water partition coefficient (Wildman–Crippen LogP) is 2.10. The van der Waals surface area contributed by atoms with Gasteiger partial charge in [-0.2, -0.15) is 0 Å². The largest absolute Gasteiger partial charge is 0.337 e. The van der Waals surface area contributed by atoms with Crippen LogP contribution in [0.2, 0.25) is 0 Å². The van der Waals surface area contributed by atoms with Crippen LogP contribution in [0.3, 0.4) is 0 Å². The maximum absolute atomic E-state index is 13.2. The lowest BCUT2D eigenvalue weighted by Gasteiger charge is -2.23. The van der Waals surface area contributed by atoms with Crippen LogP contribution in [0.5, 0.6) is 0 Å². The van der Waals surface area contributed by atoms with E-state index >= 15 is 0 Å². The van der Waals surface area contributed by atoms with Crippen LogP contribution in [-0.4, -0.2) is 49.6 Å². The molecular weight excluding hydrogens is 390 g/mol. The Morgan fingerprint density at radius 3 is 2.59 bits per heavy atom. The van der Waals surface area contributed by atoms with Gasteiger partial charge >= 0.3 is 0 Å². The van der Waals surface area contributed by atoms with Gasteiger partial charge in [0, 0.05) is 36.5 Å². The number of pyridine rings is 1. The average Bonchev–Trinajstić information content (AvgIpc) is 3.07. The summed E-state index contributed by atoms with van der Waals surface area (Å²) in [5.41, 5.74) is 2.22. The minimum Gasteiger partial charge on any atom is -0.337 e. The number of aromatic nitrogens is 1. The SMILES string of the molecule is CC(C)(C)c1cc(C(=O)N2CCC(NS(C)(=O)=O)C2)cc(-c2ccc[nH]c2=O)c1. The van der Waals surface area contributed by atoms with Crippen molar-refractivity contribution in [3.8, 4) is 11.1 Å². The van der Waals surface area contributed by atoms with Gasteiger partial charge in [-0.15, -0.1) is 0 Å². The van der Waals surface area contributed by atoms with Gasteiger partial charge in [-0.1, -0.05) is 26.8 Å². The van der Waals surface area contributed by atoms with Crippen LogP contribution in [0.25, 0.3) is 11.1 Å². The van der Waals surface area contributed by atoms with E-state index in [-0.39, 0.29) is 22.9 Å². The lowest BCUT2D eigenvalue weighted by molar-refractivity contribution is 0.0790. The normalized spacial score (nSPS) is 17.5. The number of benzene rings is 1. The zero-order valence-electron chi connectivity index (χ0n) is 17.2. The van der Waals surface area contributed by atoms with E-state index in [1.54, 1.807) is 29.3 Å². The number of hydrogen-bond acceptors (Lipinski definition) is 4. The van der Waals surface area contributed by atoms with Gasteiger partial charge in [-0.05, 0) is 47.2 Å². The Morgan fingerprint density at radius 1 is 1.24 bits per heavy atom. The molecular formula is C21H27N3O4S. The number of H-pyrrole nitrogens is 1. The molecule has 1 amide bonds. The summed E-state index contributed by atoms with van der Waals surface area (Å²) in [6, 6.07) is 8.75. The van der Waals surface area contributed by atoms with E-state index in [0.29, 0.717) is 36.2 Å². The molecule has 1 aliphatic rings. The van der Waals surface area contributed by atoms with Crippen molar-refractivity contribution in [1.82, 2.24) is 14.6 Å². The number of hydrogen-bond donors (Lipinski definition) is 2. The van der Waals surface area contributed by atoms with Crippen molar-refractivity contribution in [3.63, 3.8) is 0 Å². The van der Waals surface area contributed by atoms with Crippen molar-refractivity contribution in [2.24, 2.45) is 0 Å². The molecule has 0 bridgehead atoms. The Hall–Kier alpha value is -2.45. The summed E-state index contributed by atoms with van der Waals surface area (Å²) < 4.78 is 25.5. The van der Waals surface area contributed by atoms with Crippen LogP contribution in [0.15, 0.2) is 41.3 Å². The minimum absolute atomic E-state index is 0.164. The molecule has 156 valence electrons. The second-order valence-electron chi connectivity index (χ2n) is 8.59. The van der Waals surface area contributed by atoms with Crippen LogP contribution in [0, 0.1) is 0 Å². The monoisotopic (exact) mass is 417 g/mol. The highest BCUT2D eigenvalue weighted by molar-refractivity contribution is 7.88. The standard InChI is InChI=1S/C21H27N3O4S/c1-21(2,3)16-11-14(18-6-5-8-22-19(18)25)10-15(12-16)20(26)24-9-7-17(13-24)23-29(4,27)28/h5-6,8,10-12,17,23H,7,9,13H2,1-4H3,(H,22,25). The zero-order valence-corrected chi connectivity index (χ0v) is 18.0. The van der Waals surface area contributed by atoms with Crippen molar-refractivity contribution >= 4 is 15.9 Å². The van der Waals surface area contributed by atoms with Crippen LogP contribution in [0.4, 0.5) is 0 Å². The highest BCUT2D eigenvalue weighted by Gasteiger charge is 2.29. The molecule has 2 aromatic rings. The number of sulfonamides is 1. The summed E-state index contributed by atoms with van der Waals surface area (Å²) in [5, 5.41) is 0. The molecule has 7 nitrogen and oxygen atoms in total. The van der Waals surface area contributed by atoms with Gasteiger partial charge in [0.1, 0.15) is 0 Å². The third-order valence-corrected chi connectivity index (χ3v) is 5.79. The fourth-order valence-corrected chi connectivity index (χ4v) is 4.31. The topological polar surface area (TPSA) is 99.3 Å². The van der Waals surface area contributed by atoms with Crippen LogP contribution in [-0.2, 0) is 15.4 Å². The van der Waals surface area contributed by atoms with E-state index in [9.17, 15) is 18.0 Å². The Balaban J connectivity index is 1.97. The fourth-order valence-electron chi connectivity index (χ4n) is 3.51. The van der Waals surface area contributed by atoms with Crippen molar-refractivity contribution < 1.29 is 13.2 Å². The second kappa shape index (κ2) is 7.76. The number of nitrogens with zero attached hydrogens (tertiary/aromatic N) is 1. The Morgan fingerprint density at radius 2 is 1.97 bits per heavy atom. The second-order valence-corrected chi connectivity index (χ2v) is 10.4. The summed E-state index contributed by atoms with van der Waals surface area (Å²) in [6.07, 6.45) is 3.27. The molecule has 8 heteroatoms. The minimum atomic E-state index is -3.32. The van der Waals surface area contributed by atoms with E-state index in [4.69, 9.17) is 0 Å². The molecule has 1 aliphatic heterocycles. The summed E-state index contributed by atoms with van der Waals surface area (Å²) >= 11 is 0. The fraction of sp³-hybridized carbons (Fsp3) is 0.429. The Labute approximate surface area is 171 Å². The van der Waals surface area contributed by atoms with Crippen LogP contribution in [0.1, 0.15) is 43.1 Å². The number of aromatic amines is 1.